The van der Waals surface area contributed by atoms with Crippen LogP contribution in [0, 0.1) is 5.82 Å². The van der Waals surface area contributed by atoms with E-state index in [4.69, 9.17) is 9.47 Å². The van der Waals surface area contributed by atoms with E-state index in [1.54, 1.807) is 0 Å². The third-order valence-electron chi connectivity index (χ3n) is 3.33. The summed E-state index contributed by atoms with van der Waals surface area (Å²) < 4.78 is 48.1. The Morgan fingerprint density at radius 2 is 2.17 bits per heavy atom. The average Bonchev–Trinajstić information content (AvgIpc) is 2.59. The molecular weight excluding hydrogens is 325 g/mol. The van der Waals surface area contributed by atoms with Crippen LogP contribution in [0.15, 0.2) is 36.4 Å². The Bertz CT molecular complexity index is 755. The molecule has 0 fully saturated rings. The van der Waals surface area contributed by atoms with Crippen molar-refractivity contribution < 1.29 is 27.4 Å². The van der Waals surface area contributed by atoms with Crippen molar-refractivity contribution in [3.8, 4) is 11.6 Å². The Labute approximate surface area is 135 Å². The van der Waals surface area contributed by atoms with Crippen LogP contribution in [0.5, 0.6) is 11.6 Å². The summed E-state index contributed by atoms with van der Waals surface area (Å²) in [4.78, 5) is 17.9. The molecule has 1 aliphatic rings. The number of benzene rings is 1. The minimum atomic E-state index is -2.64. The summed E-state index contributed by atoms with van der Waals surface area (Å²) >= 11 is 0. The zero-order valence-electron chi connectivity index (χ0n) is 12.4. The van der Waals surface area contributed by atoms with E-state index in [-0.39, 0.29) is 24.7 Å². The van der Waals surface area contributed by atoms with Crippen LogP contribution in [0.1, 0.15) is 10.5 Å². The normalized spacial score (nSPS) is 13.4. The molecule has 0 spiro atoms. The fourth-order valence-corrected chi connectivity index (χ4v) is 2.30. The summed E-state index contributed by atoms with van der Waals surface area (Å²) in [7, 11) is 0. The first-order chi connectivity index (χ1) is 11.5. The average molecular weight is 338 g/mol. The molecule has 0 saturated carbocycles. The van der Waals surface area contributed by atoms with Gasteiger partial charge in [0.1, 0.15) is 23.9 Å². The standard InChI is InChI=1S/C16H13F3N2O3/c17-10-4-5-13-12(8-10)21(6-7-23-13)16(22)11-2-1-3-15(20-11)24-9-14(18)19/h1-5,8,14H,6-7,9H2. The number of pyridine rings is 1. The number of hydrogen-bond acceptors (Lipinski definition) is 4. The summed E-state index contributed by atoms with van der Waals surface area (Å²) in [5, 5.41) is 0. The maximum absolute atomic E-state index is 13.5. The first kappa shape index (κ1) is 16.1. The Morgan fingerprint density at radius 1 is 1.33 bits per heavy atom. The van der Waals surface area contributed by atoms with Crippen molar-refractivity contribution in [2.24, 2.45) is 0 Å². The van der Waals surface area contributed by atoms with E-state index in [0.29, 0.717) is 11.4 Å². The molecule has 0 bridgehead atoms. The predicted molar refractivity (Wildman–Crippen MR) is 79.3 cm³/mol. The van der Waals surface area contributed by atoms with Crippen molar-refractivity contribution in [3.05, 3.63) is 47.9 Å². The van der Waals surface area contributed by atoms with Gasteiger partial charge in [-0.2, -0.15) is 0 Å². The molecule has 1 amide bonds. The number of hydrogen-bond donors (Lipinski definition) is 0. The molecule has 1 aromatic carbocycles. The number of carbonyl (C=O) groups is 1. The minimum absolute atomic E-state index is 0.0128. The highest BCUT2D eigenvalue weighted by molar-refractivity contribution is 6.05. The van der Waals surface area contributed by atoms with E-state index in [2.05, 4.69) is 4.98 Å². The number of carbonyl (C=O) groups excluding carboxylic acids is 1. The van der Waals surface area contributed by atoms with E-state index < -0.39 is 24.8 Å². The van der Waals surface area contributed by atoms with Gasteiger partial charge in [0, 0.05) is 12.1 Å². The third-order valence-corrected chi connectivity index (χ3v) is 3.33. The van der Waals surface area contributed by atoms with Crippen molar-refractivity contribution in [2.75, 3.05) is 24.7 Å². The predicted octanol–water partition coefficient (Wildman–Crippen LogP) is 2.90. The number of rotatable bonds is 4. The van der Waals surface area contributed by atoms with E-state index in [1.807, 2.05) is 0 Å². The second-order valence-corrected chi connectivity index (χ2v) is 4.98. The van der Waals surface area contributed by atoms with Gasteiger partial charge in [0.25, 0.3) is 12.3 Å². The van der Waals surface area contributed by atoms with Gasteiger partial charge in [0.2, 0.25) is 5.88 Å². The van der Waals surface area contributed by atoms with Crippen LogP contribution in [0.25, 0.3) is 0 Å². The van der Waals surface area contributed by atoms with E-state index >= 15 is 0 Å². The summed E-state index contributed by atoms with van der Waals surface area (Å²) in [5.41, 5.74) is 0.311. The molecule has 0 N–H and O–H groups in total. The molecule has 2 heterocycles. The number of amides is 1. The lowest BCUT2D eigenvalue weighted by molar-refractivity contribution is 0.0793. The maximum Gasteiger partial charge on any atom is 0.277 e. The third kappa shape index (κ3) is 3.42. The molecule has 0 radical (unpaired) electrons. The van der Waals surface area contributed by atoms with Gasteiger partial charge in [-0.15, -0.1) is 0 Å². The first-order valence-electron chi connectivity index (χ1n) is 7.17. The highest BCUT2D eigenvalue weighted by Crippen LogP contribution is 2.33. The number of halogens is 3. The Hall–Kier alpha value is -2.77. The zero-order valence-corrected chi connectivity index (χ0v) is 12.4. The van der Waals surface area contributed by atoms with Gasteiger partial charge in [-0.05, 0) is 18.2 Å². The lowest BCUT2D eigenvalue weighted by Crippen LogP contribution is -2.38. The number of ether oxygens (including phenoxy) is 2. The van der Waals surface area contributed by atoms with Gasteiger partial charge in [-0.3, -0.25) is 4.79 Å². The largest absolute Gasteiger partial charge is 0.490 e. The molecule has 8 heteroatoms. The molecule has 126 valence electrons. The van der Waals surface area contributed by atoms with Crippen LogP contribution >= 0.6 is 0 Å². The maximum atomic E-state index is 13.5. The molecular formula is C16H13F3N2O3. The van der Waals surface area contributed by atoms with Crippen molar-refractivity contribution in [1.82, 2.24) is 4.98 Å². The summed E-state index contributed by atoms with van der Waals surface area (Å²) in [6.45, 7) is -0.332. The Balaban J connectivity index is 1.85. The molecule has 1 aromatic heterocycles. The van der Waals surface area contributed by atoms with E-state index in [1.165, 1.54) is 41.3 Å². The number of alkyl halides is 2. The number of nitrogens with zero attached hydrogens (tertiary/aromatic N) is 2. The van der Waals surface area contributed by atoms with Crippen LogP contribution in [0.2, 0.25) is 0 Å². The van der Waals surface area contributed by atoms with Crippen LogP contribution in [0.3, 0.4) is 0 Å². The van der Waals surface area contributed by atoms with Crippen LogP contribution in [-0.4, -0.2) is 37.1 Å². The molecule has 3 rings (SSSR count). The molecule has 1 aliphatic heterocycles. The van der Waals surface area contributed by atoms with Gasteiger partial charge in [-0.1, -0.05) is 6.07 Å². The highest BCUT2D eigenvalue weighted by atomic mass is 19.3. The number of aromatic nitrogens is 1. The SMILES string of the molecule is O=C(c1cccc(OCC(F)F)n1)N1CCOc2ccc(F)cc21. The van der Waals surface area contributed by atoms with E-state index in [0.717, 1.165) is 0 Å². The van der Waals surface area contributed by atoms with Crippen LogP contribution in [0.4, 0.5) is 18.9 Å². The quantitative estimate of drug-likeness (QED) is 0.860. The van der Waals surface area contributed by atoms with E-state index in [9.17, 15) is 18.0 Å². The van der Waals surface area contributed by atoms with Gasteiger partial charge in [0.15, 0.2) is 6.61 Å². The zero-order chi connectivity index (χ0) is 17.1. The number of fused-ring (bicyclic) bond motifs is 1. The minimum Gasteiger partial charge on any atom is -0.490 e. The highest BCUT2D eigenvalue weighted by Gasteiger charge is 2.26. The molecule has 0 unspecified atom stereocenters. The second-order valence-electron chi connectivity index (χ2n) is 4.98. The number of anilines is 1. The smallest absolute Gasteiger partial charge is 0.277 e. The van der Waals surface area contributed by atoms with Crippen LogP contribution in [-0.2, 0) is 0 Å². The lowest BCUT2D eigenvalue weighted by Gasteiger charge is -2.29. The first-order valence-corrected chi connectivity index (χ1v) is 7.17. The van der Waals surface area contributed by atoms with Gasteiger partial charge in [0.05, 0.1) is 12.2 Å². The Morgan fingerprint density at radius 3 is 2.96 bits per heavy atom. The van der Waals surface area contributed by atoms with Gasteiger partial charge >= 0.3 is 0 Å². The molecule has 5 nitrogen and oxygen atoms in total. The van der Waals surface area contributed by atoms with Gasteiger partial charge < -0.3 is 14.4 Å². The van der Waals surface area contributed by atoms with Crippen molar-refractivity contribution in [2.45, 2.75) is 6.43 Å². The van der Waals surface area contributed by atoms with Crippen molar-refractivity contribution in [1.29, 1.82) is 0 Å². The monoisotopic (exact) mass is 338 g/mol. The summed E-state index contributed by atoms with van der Waals surface area (Å²) in [6.07, 6.45) is -2.64. The van der Waals surface area contributed by atoms with Gasteiger partial charge in [-0.25, -0.2) is 18.2 Å². The molecule has 2 aromatic rings. The fraction of sp³-hybridized carbons (Fsp3) is 0.250. The lowest BCUT2D eigenvalue weighted by atomic mass is 10.2. The molecule has 24 heavy (non-hydrogen) atoms. The summed E-state index contributed by atoms with van der Waals surface area (Å²) in [6, 6.07) is 8.18. The Kier molecular flexibility index (Phi) is 4.54. The van der Waals surface area contributed by atoms with Crippen molar-refractivity contribution in [3.63, 3.8) is 0 Å². The molecule has 0 atom stereocenters. The topological polar surface area (TPSA) is 51.7 Å². The van der Waals surface area contributed by atoms with Crippen molar-refractivity contribution >= 4 is 11.6 Å². The van der Waals surface area contributed by atoms with Crippen LogP contribution < -0.4 is 14.4 Å². The second kappa shape index (κ2) is 6.77. The fourth-order valence-electron chi connectivity index (χ4n) is 2.30. The molecule has 0 aliphatic carbocycles. The molecule has 0 saturated heterocycles. The summed E-state index contributed by atoms with van der Waals surface area (Å²) in [5.74, 6) is -0.679.